The first kappa shape index (κ1) is 8.66. The molecule has 0 saturated heterocycles. The molecule has 1 fully saturated rings. The molecule has 1 atom stereocenters. The zero-order valence-electron chi connectivity index (χ0n) is 5.36. The molecule has 0 N–H and O–H groups in total. The van der Waals surface area contributed by atoms with Gasteiger partial charge >= 0.3 is 0 Å². The molecule has 0 nitrogen and oxygen atoms in total. The van der Waals surface area contributed by atoms with Gasteiger partial charge in [0.05, 0.1) is 0 Å². The van der Waals surface area contributed by atoms with Gasteiger partial charge in [-0.2, -0.15) is 12.8 Å². The van der Waals surface area contributed by atoms with Crippen molar-refractivity contribution in [2.45, 2.75) is 32.6 Å². The third-order valence-corrected chi connectivity index (χ3v) is 1.67. The molecule has 1 rings (SSSR count). The number of hydrogen-bond donors (Lipinski definition) is 0. The minimum atomic E-state index is 0. The Morgan fingerprint density at radius 1 is 1.50 bits per heavy atom. The molecule has 1 heteroatoms. The van der Waals surface area contributed by atoms with Crippen LogP contribution in [0.5, 0.6) is 0 Å². The Balaban J connectivity index is 0.000000490. The molecule has 0 aromatic rings. The van der Waals surface area contributed by atoms with E-state index in [-0.39, 0.29) is 20.4 Å². The smallest absolute Gasteiger partial charge is 0 e. The minimum absolute atomic E-state index is 0. The molecule has 0 amide bonds. The summed E-state index contributed by atoms with van der Waals surface area (Å²) in [6, 6.07) is 0. The van der Waals surface area contributed by atoms with Gasteiger partial charge in [-0.1, -0.05) is 25.7 Å². The fourth-order valence-electron chi connectivity index (χ4n) is 1.13. The van der Waals surface area contributed by atoms with E-state index in [1.54, 1.807) is 0 Å². The van der Waals surface area contributed by atoms with Crippen molar-refractivity contribution >= 4 is 0 Å². The summed E-state index contributed by atoms with van der Waals surface area (Å²) < 4.78 is 0. The van der Waals surface area contributed by atoms with E-state index in [4.69, 9.17) is 0 Å². The Labute approximate surface area is 65.7 Å². The molecule has 49 valence electrons. The molecule has 1 unspecified atom stereocenters. The summed E-state index contributed by atoms with van der Waals surface area (Å²) in [5.41, 5.74) is 0. The predicted molar refractivity (Wildman–Crippen MR) is 31.9 cm³/mol. The van der Waals surface area contributed by atoms with Gasteiger partial charge < -0.3 is 6.42 Å². The maximum atomic E-state index is 2.41. The van der Waals surface area contributed by atoms with Crippen molar-refractivity contribution in [3.63, 3.8) is 0 Å². The van der Waals surface area contributed by atoms with Crippen LogP contribution in [-0.4, -0.2) is 0 Å². The van der Waals surface area contributed by atoms with Crippen molar-refractivity contribution in [3.8, 4) is 0 Å². The van der Waals surface area contributed by atoms with Gasteiger partial charge in [0.25, 0.3) is 0 Å². The first-order valence-electron chi connectivity index (χ1n) is 3.21. The average Bonchev–Trinajstić information content (AvgIpc) is 1.69. The van der Waals surface area contributed by atoms with E-state index in [2.05, 4.69) is 13.3 Å². The molecule has 0 heterocycles. The van der Waals surface area contributed by atoms with Crippen LogP contribution in [0.4, 0.5) is 0 Å². The van der Waals surface area contributed by atoms with Crippen LogP contribution < -0.4 is 0 Å². The average molecular weight is 283 g/mol. The normalized spacial score (nSPS) is 28.9. The zero-order chi connectivity index (χ0) is 5.11. The van der Waals surface area contributed by atoms with E-state index >= 15 is 0 Å². The molecule has 8 heavy (non-hydrogen) atoms. The Morgan fingerprint density at radius 2 is 2.25 bits per heavy atom. The van der Waals surface area contributed by atoms with Crippen molar-refractivity contribution in [2.24, 2.45) is 5.92 Å². The maximum absolute atomic E-state index is 2.41. The van der Waals surface area contributed by atoms with Gasteiger partial charge in [-0.15, -0.1) is 0 Å². The van der Waals surface area contributed by atoms with E-state index in [0.717, 1.165) is 5.92 Å². The fraction of sp³-hybridized carbons (Fsp3) is 0.857. The summed E-state index contributed by atoms with van der Waals surface area (Å²) in [7, 11) is 0. The van der Waals surface area contributed by atoms with Crippen LogP contribution in [-0.2, 0) is 20.4 Å². The Bertz CT molecular complexity index is 46.3. The maximum Gasteiger partial charge on any atom is 0 e. The predicted octanol–water partition coefficient (Wildman–Crippen LogP) is 2.40. The van der Waals surface area contributed by atoms with Crippen molar-refractivity contribution in [3.05, 3.63) is 6.42 Å². The summed E-state index contributed by atoms with van der Waals surface area (Å²) in [5.74, 6) is 0.980. The first-order valence-corrected chi connectivity index (χ1v) is 3.21. The molecule has 1 saturated carbocycles. The number of rotatable bonds is 0. The quantitative estimate of drug-likeness (QED) is 0.599. The summed E-state index contributed by atoms with van der Waals surface area (Å²) in [5, 5.41) is 0. The van der Waals surface area contributed by atoms with Crippen LogP contribution in [0.3, 0.4) is 0 Å². The van der Waals surface area contributed by atoms with Gasteiger partial charge in [-0.3, -0.25) is 0 Å². The molecule has 0 aromatic carbocycles. The second-order valence-corrected chi connectivity index (χ2v) is 2.56. The second kappa shape index (κ2) is 4.53. The van der Waals surface area contributed by atoms with Crippen LogP contribution in [0, 0.1) is 12.3 Å². The molecule has 1 aliphatic rings. The van der Waals surface area contributed by atoms with Gasteiger partial charge in [0.2, 0.25) is 0 Å². The van der Waals surface area contributed by atoms with Gasteiger partial charge in [-0.05, 0) is 0 Å². The molecular weight excluding hydrogens is 270 g/mol. The van der Waals surface area contributed by atoms with Crippen molar-refractivity contribution in [1.82, 2.24) is 0 Å². The monoisotopic (exact) mass is 284 g/mol. The Hall–Kier alpha value is 0.662. The standard InChI is InChI=1S/C7H13.Re/c1-7-5-3-2-4-6-7;/h3,7H,2,4-6H2,1H3;/q-1;. The van der Waals surface area contributed by atoms with Crippen LogP contribution in [0.2, 0.25) is 0 Å². The molecule has 1 aliphatic carbocycles. The SMILES string of the molecule is CC1C[CH-]CCC1.[Re]. The topological polar surface area (TPSA) is 0 Å². The molecule has 0 spiro atoms. The van der Waals surface area contributed by atoms with Gasteiger partial charge in [0.1, 0.15) is 0 Å². The van der Waals surface area contributed by atoms with E-state index in [1.807, 2.05) is 0 Å². The van der Waals surface area contributed by atoms with Gasteiger partial charge in [-0.25, -0.2) is 0 Å². The van der Waals surface area contributed by atoms with E-state index in [1.165, 1.54) is 25.7 Å². The van der Waals surface area contributed by atoms with Gasteiger partial charge in [0.15, 0.2) is 0 Å². The van der Waals surface area contributed by atoms with E-state index < -0.39 is 0 Å². The summed E-state index contributed by atoms with van der Waals surface area (Å²) in [6.45, 7) is 2.33. The van der Waals surface area contributed by atoms with Gasteiger partial charge in [0, 0.05) is 20.4 Å². The summed E-state index contributed by atoms with van der Waals surface area (Å²) in [4.78, 5) is 0. The zero-order valence-corrected chi connectivity index (χ0v) is 8.08. The summed E-state index contributed by atoms with van der Waals surface area (Å²) >= 11 is 0. The Kier molecular flexibility index (Phi) is 4.91. The summed E-state index contributed by atoms with van der Waals surface area (Å²) in [6.07, 6.45) is 8.02. The minimum Gasteiger partial charge on any atom is -0.328 e. The van der Waals surface area contributed by atoms with Crippen LogP contribution in [0.25, 0.3) is 0 Å². The van der Waals surface area contributed by atoms with Crippen LogP contribution in [0.1, 0.15) is 32.6 Å². The second-order valence-electron chi connectivity index (χ2n) is 2.56. The molecule has 0 aliphatic heterocycles. The van der Waals surface area contributed by atoms with Crippen molar-refractivity contribution in [1.29, 1.82) is 0 Å². The molecule has 0 aromatic heterocycles. The molecule has 1 radical (unpaired) electrons. The van der Waals surface area contributed by atoms with Crippen molar-refractivity contribution in [2.75, 3.05) is 0 Å². The van der Waals surface area contributed by atoms with Crippen LogP contribution >= 0.6 is 0 Å². The third-order valence-electron chi connectivity index (χ3n) is 1.67. The van der Waals surface area contributed by atoms with E-state index in [0.29, 0.717) is 0 Å². The third kappa shape index (κ3) is 2.85. The largest absolute Gasteiger partial charge is 0.328 e. The molecular formula is C7H13Re-. The number of hydrogen-bond acceptors (Lipinski definition) is 0. The molecule has 0 bridgehead atoms. The van der Waals surface area contributed by atoms with E-state index in [9.17, 15) is 0 Å². The van der Waals surface area contributed by atoms with Crippen LogP contribution in [0.15, 0.2) is 0 Å². The Morgan fingerprint density at radius 3 is 2.50 bits per heavy atom. The fourth-order valence-corrected chi connectivity index (χ4v) is 1.13. The van der Waals surface area contributed by atoms with Crippen molar-refractivity contribution < 1.29 is 20.4 Å². The first-order chi connectivity index (χ1) is 3.39.